The first kappa shape index (κ1) is 13.9. The van der Waals surface area contributed by atoms with Gasteiger partial charge in [0.1, 0.15) is 11.5 Å². The highest BCUT2D eigenvalue weighted by Crippen LogP contribution is 2.60. The van der Waals surface area contributed by atoms with E-state index in [1.165, 1.54) is 19.3 Å². The van der Waals surface area contributed by atoms with Gasteiger partial charge in [0.2, 0.25) is 0 Å². The number of fused-ring (bicyclic) bond motifs is 1. The standard InChI is InChI=1S/C17H20N2O2/c1-10-7-8-18-15(9-10)17(20)19-12(3)21-11(2)16-13-5-4-6-14(13)16/h7-9,13-14,16H,2-6H2,1H3,(H,19,20). The lowest BCUT2D eigenvalue weighted by molar-refractivity contribution is 0.0931. The average molecular weight is 284 g/mol. The minimum absolute atomic E-state index is 0.221. The molecule has 2 fully saturated rings. The number of amides is 1. The van der Waals surface area contributed by atoms with Crippen LogP contribution in [0, 0.1) is 24.7 Å². The van der Waals surface area contributed by atoms with Gasteiger partial charge in [-0.15, -0.1) is 0 Å². The van der Waals surface area contributed by atoms with Crippen LogP contribution in [0.3, 0.4) is 0 Å². The van der Waals surface area contributed by atoms with Crippen molar-refractivity contribution >= 4 is 5.91 Å². The highest BCUT2D eigenvalue weighted by molar-refractivity contribution is 5.93. The van der Waals surface area contributed by atoms with Gasteiger partial charge in [-0.05, 0) is 55.9 Å². The number of aromatic nitrogens is 1. The Hall–Kier alpha value is -2.10. The minimum atomic E-state index is -0.313. The summed E-state index contributed by atoms with van der Waals surface area (Å²) in [5.74, 6) is 2.56. The molecule has 2 atom stereocenters. The molecule has 1 heterocycles. The van der Waals surface area contributed by atoms with Gasteiger partial charge in [0.15, 0.2) is 5.88 Å². The first-order valence-corrected chi connectivity index (χ1v) is 7.36. The summed E-state index contributed by atoms with van der Waals surface area (Å²) in [6.07, 6.45) is 5.46. The third-order valence-electron chi connectivity index (χ3n) is 4.43. The molecule has 1 aromatic rings. The molecule has 0 bridgehead atoms. The maximum Gasteiger partial charge on any atom is 0.276 e. The summed E-state index contributed by atoms with van der Waals surface area (Å²) in [5, 5.41) is 2.62. The Kier molecular flexibility index (Phi) is 3.53. The molecule has 2 aliphatic rings. The predicted molar refractivity (Wildman–Crippen MR) is 80.1 cm³/mol. The quantitative estimate of drug-likeness (QED) is 0.845. The van der Waals surface area contributed by atoms with E-state index in [1.807, 2.05) is 13.0 Å². The molecule has 3 rings (SSSR count). The first-order valence-electron chi connectivity index (χ1n) is 7.36. The highest BCUT2D eigenvalue weighted by Gasteiger charge is 2.54. The summed E-state index contributed by atoms with van der Waals surface area (Å²) in [5.41, 5.74) is 1.34. The Morgan fingerprint density at radius 2 is 2.10 bits per heavy atom. The second kappa shape index (κ2) is 5.35. The fraction of sp³-hybridized carbons (Fsp3) is 0.412. The van der Waals surface area contributed by atoms with Crippen molar-refractivity contribution in [3.63, 3.8) is 0 Å². The summed E-state index contributed by atoms with van der Waals surface area (Å²) >= 11 is 0. The van der Waals surface area contributed by atoms with Crippen LogP contribution in [0.5, 0.6) is 0 Å². The smallest absolute Gasteiger partial charge is 0.276 e. The van der Waals surface area contributed by atoms with Crippen molar-refractivity contribution in [2.45, 2.75) is 26.2 Å². The molecule has 2 aliphatic carbocycles. The molecule has 1 amide bonds. The Bertz CT molecular complexity index is 599. The number of ether oxygens (including phenoxy) is 1. The van der Waals surface area contributed by atoms with E-state index in [4.69, 9.17) is 4.74 Å². The third-order valence-corrected chi connectivity index (χ3v) is 4.43. The number of rotatable bonds is 5. The average Bonchev–Trinajstić information content (AvgIpc) is 2.92. The van der Waals surface area contributed by atoms with Crippen molar-refractivity contribution in [2.75, 3.05) is 0 Å². The zero-order valence-corrected chi connectivity index (χ0v) is 12.3. The van der Waals surface area contributed by atoms with Gasteiger partial charge >= 0.3 is 0 Å². The molecule has 110 valence electrons. The lowest BCUT2D eigenvalue weighted by Gasteiger charge is -2.13. The van der Waals surface area contributed by atoms with Crippen LogP contribution >= 0.6 is 0 Å². The molecule has 0 spiro atoms. The van der Waals surface area contributed by atoms with E-state index in [-0.39, 0.29) is 11.8 Å². The summed E-state index contributed by atoms with van der Waals surface area (Å²) < 4.78 is 5.58. The van der Waals surface area contributed by atoms with E-state index in [9.17, 15) is 4.79 Å². The van der Waals surface area contributed by atoms with Crippen LogP contribution in [0.2, 0.25) is 0 Å². The van der Waals surface area contributed by atoms with Crippen LogP contribution < -0.4 is 5.32 Å². The van der Waals surface area contributed by atoms with Crippen LogP contribution in [0.15, 0.2) is 43.1 Å². The van der Waals surface area contributed by atoms with E-state index >= 15 is 0 Å². The van der Waals surface area contributed by atoms with Crippen molar-refractivity contribution in [2.24, 2.45) is 17.8 Å². The third kappa shape index (κ3) is 2.84. The summed E-state index contributed by atoms with van der Waals surface area (Å²) in [4.78, 5) is 16.1. The Labute approximate surface area is 124 Å². The van der Waals surface area contributed by atoms with Crippen molar-refractivity contribution in [1.29, 1.82) is 0 Å². The molecule has 4 nitrogen and oxygen atoms in total. The van der Waals surface area contributed by atoms with Gasteiger partial charge in [0, 0.05) is 12.1 Å². The van der Waals surface area contributed by atoms with Gasteiger partial charge in [-0.1, -0.05) is 13.0 Å². The van der Waals surface area contributed by atoms with E-state index < -0.39 is 0 Å². The predicted octanol–water partition coefficient (Wildman–Crippen LogP) is 3.17. The van der Waals surface area contributed by atoms with Gasteiger partial charge in [-0.2, -0.15) is 0 Å². The van der Waals surface area contributed by atoms with Crippen molar-refractivity contribution in [1.82, 2.24) is 10.3 Å². The maximum atomic E-state index is 12.0. The number of hydrogen-bond acceptors (Lipinski definition) is 3. The fourth-order valence-electron chi connectivity index (χ4n) is 3.40. The van der Waals surface area contributed by atoms with Crippen LogP contribution in [0.25, 0.3) is 0 Å². The molecule has 21 heavy (non-hydrogen) atoms. The van der Waals surface area contributed by atoms with Gasteiger partial charge in [-0.25, -0.2) is 0 Å². The van der Waals surface area contributed by atoms with E-state index in [0.717, 1.165) is 23.2 Å². The molecule has 1 N–H and O–H groups in total. The number of hydrogen-bond donors (Lipinski definition) is 1. The molecule has 4 heteroatoms. The number of aryl methyl sites for hydroxylation is 1. The number of nitrogens with zero attached hydrogens (tertiary/aromatic N) is 1. The van der Waals surface area contributed by atoms with Crippen LogP contribution in [0.1, 0.15) is 35.3 Å². The zero-order valence-electron chi connectivity index (χ0n) is 12.3. The number of carbonyl (C=O) groups is 1. The summed E-state index contributed by atoms with van der Waals surface area (Å²) in [6, 6.07) is 3.57. The van der Waals surface area contributed by atoms with Crippen molar-refractivity contribution in [3.05, 3.63) is 54.4 Å². The SMILES string of the molecule is C=C(NC(=O)c1cc(C)ccn1)OC(=C)C1C2CCCC21. The van der Waals surface area contributed by atoms with E-state index in [1.54, 1.807) is 12.3 Å². The van der Waals surface area contributed by atoms with Gasteiger partial charge in [0.05, 0.1) is 0 Å². The van der Waals surface area contributed by atoms with Gasteiger partial charge in [-0.3, -0.25) is 15.1 Å². The summed E-state index contributed by atoms with van der Waals surface area (Å²) in [6.45, 7) is 9.64. The van der Waals surface area contributed by atoms with Crippen LogP contribution in [-0.2, 0) is 4.74 Å². The number of allylic oxidation sites excluding steroid dienone is 1. The molecule has 1 aromatic heterocycles. The van der Waals surface area contributed by atoms with Crippen molar-refractivity contribution < 1.29 is 9.53 Å². The number of nitrogens with one attached hydrogen (secondary N) is 1. The molecular weight excluding hydrogens is 264 g/mol. The molecule has 0 saturated heterocycles. The Morgan fingerprint density at radius 1 is 1.38 bits per heavy atom. The maximum absolute atomic E-state index is 12.0. The Morgan fingerprint density at radius 3 is 2.76 bits per heavy atom. The molecular formula is C17H20N2O2. The van der Waals surface area contributed by atoms with Gasteiger partial charge in [0.25, 0.3) is 5.91 Å². The van der Waals surface area contributed by atoms with Gasteiger partial charge < -0.3 is 4.74 Å². The van der Waals surface area contributed by atoms with E-state index in [2.05, 4.69) is 23.5 Å². The molecule has 0 aromatic carbocycles. The lowest BCUT2D eigenvalue weighted by Crippen LogP contribution is -2.24. The van der Waals surface area contributed by atoms with E-state index in [0.29, 0.717) is 11.6 Å². The second-order valence-corrected chi connectivity index (χ2v) is 5.95. The topological polar surface area (TPSA) is 51.2 Å². The minimum Gasteiger partial charge on any atom is -0.446 e. The number of pyridine rings is 1. The molecule has 0 radical (unpaired) electrons. The second-order valence-electron chi connectivity index (χ2n) is 5.95. The summed E-state index contributed by atoms with van der Waals surface area (Å²) in [7, 11) is 0. The monoisotopic (exact) mass is 284 g/mol. The first-order chi connectivity index (χ1) is 10.1. The van der Waals surface area contributed by atoms with Crippen molar-refractivity contribution in [3.8, 4) is 0 Å². The highest BCUT2D eigenvalue weighted by atomic mass is 16.5. The van der Waals surface area contributed by atoms with Crippen LogP contribution in [-0.4, -0.2) is 10.9 Å². The lowest BCUT2D eigenvalue weighted by atomic mass is 10.1. The fourth-order valence-corrected chi connectivity index (χ4v) is 3.40. The zero-order chi connectivity index (χ0) is 15.0. The molecule has 2 unspecified atom stereocenters. The Balaban J connectivity index is 1.52. The largest absolute Gasteiger partial charge is 0.446 e. The van der Waals surface area contributed by atoms with Crippen LogP contribution in [0.4, 0.5) is 0 Å². The normalized spacial score (nSPS) is 25.9. The number of carbonyl (C=O) groups excluding carboxylic acids is 1. The molecule has 2 saturated carbocycles. The molecule has 0 aliphatic heterocycles.